The molecular weight excluding hydrogens is 629 g/mol. The summed E-state index contributed by atoms with van der Waals surface area (Å²) in [6.45, 7) is 31.1. The van der Waals surface area contributed by atoms with E-state index in [1.54, 1.807) is 11.5 Å². The van der Waals surface area contributed by atoms with Crippen molar-refractivity contribution in [2.24, 2.45) is 5.41 Å². The Balaban J connectivity index is 0.000000343. The summed E-state index contributed by atoms with van der Waals surface area (Å²) in [5, 5.41) is 1.30. The molecule has 5 heterocycles. The molecule has 0 spiro atoms. The molecule has 0 bridgehead atoms. The number of aromatic nitrogens is 2. The van der Waals surface area contributed by atoms with Crippen LogP contribution in [0.15, 0.2) is 48.8 Å². The lowest BCUT2D eigenvalue weighted by molar-refractivity contribution is -0.134. The Hall–Kier alpha value is -2.79. The van der Waals surface area contributed by atoms with Crippen LogP contribution in [-0.4, -0.2) is 135 Å². The number of carbonyl (C=O) groups excluding carboxylic acids is 1. The fourth-order valence-electron chi connectivity index (χ4n) is 5.35. The van der Waals surface area contributed by atoms with Gasteiger partial charge in [-0.2, -0.15) is 4.37 Å². The lowest BCUT2D eigenvalue weighted by Crippen LogP contribution is -2.47. The van der Waals surface area contributed by atoms with Crippen molar-refractivity contribution in [3.05, 3.63) is 48.8 Å². The smallest absolute Gasteiger partial charge is 0.223 e. The van der Waals surface area contributed by atoms with Crippen LogP contribution in [0, 0.1) is 5.41 Å². The Morgan fingerprint density at radius 3 is 1.65 bits per heavy atom. The second-order valence-corrected chi connectivity index (χ2v) is 14.0. The third-order valence-electron chi connectivity index (χ3n) is 8.21. The molecule has 6 rings (SSSR count). The van der Waals surface area contributed by atoms with Crippen molar-refractivity contribution in [3.63, 3.8) is 0 Å². The number of rotatable bonds is 3. The van der Waals surface area contributed by atoms with Crippen LogP contribution >= 0.6 is 11.5 Å². The highest BCUT2D eigenvalue weighted by Crippen LogP contribution is 2.29. The van der Waals surface area contributed by atoms with Crippen LogP contribution in [0.2, 0.25) is 0 Å². The maximum Gasteiger partial charge on any atom is 0.223 e. The van der Waals surface area contributed by atoms with Crippen LogP contribution in [0.4, 0.5) is 11.5 Å². The zero-order valence-corrected chi connectivity index (χ0v) is 34.0. The van der Waals surface area contributed by atoms with Crippen molar-refractivity contribution >= 4 is 39.0 Å². The van der Waals surface area contributed by atoms with Gasteiger partial charge in [-0.25, -0.2) is 0 Å². The van der Waals surface area contributed by atoms with Gasteiger partial charge >= 0.3 is 0 Å². The topological polar surface area (TPSA) is 62.3 Å². The van der Waals surface area contributed by atoms with Crippen LogP contribution in [0.5, 0.6) is 0 Å². The average Bonchev–Trinajstić information content (AvgIpc) is 3.56. The quantitative estimate of drug-likeness (QED) is 0.286. The van der Waals surface area contributed by atoms with E-state index in [-0.39, 0.29) is 5.41 Å². The van der Waals surface area contributed by atoms with Crippen molar-refractivity contribution < 1.29 is 4.79 Å². The summed E-state index contributed by atoms with van der Waals surface area (Å²) in [5.41, 5.74) is 1.36. The average molecular weight is 699 g/mol. The normalized spacial score (nSPS) is 17.0. The lowest BCUT2D eigenvalue weighted by atomic mass is 9.91. The Bertz CT molecular complexity index is 1240. The molecule has 3 saturated heterocycles. The zero-order chi connectivity index (χ0) is 36.8. The van der Waals surface area contributed by atoms with Gasteiger partial charge in [-0.15, -0.1) is 0 Å². The third kappa shape index (κ3) is 16.2. The summed E-state index contributed by atoms with van der Waals surface area (Å²) >= 11 is 1.60. The highest BCUT2D eigenvalue weighted by Gasteiger charge is 2.23. The van der Waals surface area contributed by atoms with E-state index in [1.165, 1.54) is 21.6 Å². The summed E-state index contributed by atoms with van der Waals surface area (Å²) in [5.74, 6) is 1.49. The monoisotopic (exact) mass is 699 g/mol. The van der Waals surface area contributed by atoms with Crippen LogP contribution in [-0.2, 0) is 4.79 Å². The maximum atomic E-state index is 11.8. The number of likely N-dealkylation sites (N-methyl/N-ethyl adjacent to an activating group) is 3. The highest BCUT2D eigenvalue weighted by molar-refractivity contribution is 7.13. The van der Waals surface area contributed by atoms with E-state index >= 15 is 0 Å². The molecule has 10 heteroatoms. The second-order valence-electron chi connectivity index (χ2n) is 13.2. The van der Waals surface area contributed by atoms with Crippen LogP contribution in [0.3, 0.4) is 0 Å². The number of amides is 1. The third-order valence-corrected chi connectivity index (χ3v) is 9.03. The Labute approximate surface area is 304 Å². The molecule has 3 aliphatic rings. The molecule has 2 aromatic heterocycles. The number of nitrogens with zero attached hydrogens (tertiary/aromatic N) is 8. The number of carbonyl (C=O) groups is 1. The summed E-state index contributed by atoms with van der Waals surface area (Å²) in [7, 11) is 6.45. The minimum atomic E-state index is 0.112. The van der Waals surface area contributed by atoms with E-state index in [0.717, 1.165) is 78.5 Å². The molecule has 0 aliphatic carbocycles. The fraction of sp³-hybridized carbons (Fsp3) is 0.667. The van der Waals surface area contributed by atoms with Crippen LogP contribution in [0.25, 0.3) is 10.1 Å². The Morgan fingerprint density at radius 1 is 0.673 bits per heavy atom. The van der Waals surface area contributed by atoms with Gasteiger partial charge in [0.1, 0.15) is 5.82 Å². The molecular formula is C39H70N8OS. The van der Waals surface area contributed by atoms with Gasteiger partial charge in [0, 0.05) is 96.5 Å². The molecule has 49 heavy (non-hydrogen) atoms. The number of anilines is 2. The second kappa shape index (κ2) is 24.4. The van der Waals surface area contributed by atoms with E-state index in [4.69, 9.17) is 0 Å². The van der Waals surface area contributed by atoms with Gasteiger partial charge in [0.15, 0.2) is 0 Å². The Kier molecular flexibility index (Phi) is 22.0. The molecule has 9 nitrogen and oxygen atoms in total. The summed E-state index contributed by atoms with van der Waals surface area (Å²) in [4.78, 5) is 29.7. The van der Waals surface area contributed by atoms with Gasteiger partial charge in [-0.3, -0.25) is 9.78 Å². The van der Waals surface area contributed by atoms with Gasteiger partial charge in [0.2, 0.25) is 5.91 Å². The van der Waals surface area contributed by atoms with E-state index in [1.807, 2.05) is 64.9 Å². The summed E-state index contributed by atoms with van der Waals surface area (Å²) < 4.78 is 5.88. The molecule has 0 unspecified atom stereocenters. The molecule has 0 saturated carbocycles. The van der Waals surface area contributed by atoms with Crippen molar-refractivity contribution in [2.45, 2.75) is 68.7 Å². The molecule has 1 amide bonds. The van der Waals surface area contributed by atoms with Gasteiger partial charge in [-0.1, -0.05) is 74.4 Å². The first-order valence-electron chi connectivity index (χ1n) is 18.7. The first kappa shape index (κ1) is 44.2. The van der Waals surface area contributed by atoms with Crippen molar-refractivity contribution in [2.75, 3.05) is 109 Å². The van der Waals surface area contributed by atoms with Crippen LogP contribution < -0.4 is 9.80 Å². The molecule has 0 N–H and O–H groups in total. The zero-order valence-electron chi connectivity index (χ0n) is 33.2. The SMILES string of the molecule is CC.CC.CC.CN1CCN(C(=O)CC(C)(C)C)CC1.CN1CCN(c2cccnc2)CC1.CN1CCN(c2nsc3ccccc23)CC1. The number of pyridine rings is 1. The highest BCUT2D eigenvalue weighted by atomic mass is 32.1. The molecule has 3 aliphatic heterocycles. The number of benzene rings is 1. The first-order chi connectivity index (χ1) is 23.6. The number of hydrogen-bond donors (Lipinski definition) is 0. The molecule has 3 fully saturated rings. The fourth-order valence-corrected chi connectivity index (χ4v) is 6.14. The Morgan fingerprint density at radius 2 is 1.16 bits per heavy atom. The van der Waals surface area contributed by atoms with E-state index in [2.05, 4.69) is 106 Å². The first-order valence-corrected chi connectivity index (χ1v) is 19.4. The van der Waals surface area contributed by atoms with Crippen LogP contribution in [0.1, 0.15) is 68.7 Å². The molecule has 0 radical (unpaired) electrons. The molecule has 278 valence electrons. The van der Waals surface area contributed by atoms with E-state index in [0.29, 0.717) is 12.3 Å². The van der Waals surface area contributed by atoms with Gasteiger partial charge in [0.05, 0.1) is 16.6 Å². The van der Waals surface area contributed by atoms with Gasteiger partial charge in [-0.05, 0) is 62.4 Å². The minimum absolute atomic E-state index is 0.112. The molecule has 3 aromatic rings. The van der Waals surface area contributed by atoms with Gasteiger partial charge in [0.25, 0.3) is 0 Å². The maximum absolute atomic E-state index is 11.8. The molecule has 1 aromatic carbocycles. The lowest BCUT2D eigenvalue weighted by Gasteiger charge is -2.34. The van der Waals surface area contributed by atoms with Crippen molar-refractivity contribution in [1.82, 2.24) is 29.0 Å². The predicted octanol–water partition coefficient (Wildman–Crippen LogP) is 7.16. The predicted molar refractivity (Wildman–Crippen MR) is 215 cm³/mol. The number of hydrogen-bond acceptors (Lipinski definition) is 9. The minimum Gasteiger partial charge on any atom is -0.368 e. The number of fused-ring (bicyclic) bond motifs is 1. The summed E-state index contributed by atoms with van der Waals surface area (Å²) in [6.07, 6.45) is 4.42. The largest absolute Gasteiger partial charge is 0.368 e. The van der Waals surface area contributed by atoms with E-state index < -0.39 is 0 Å². The number of piperazine rings is 3. The van der Waals surface area contributed by atoms with Crippen molar-refractivity contribution in [3.8, 4) is 0 Å². The molecule has 0 atom stereocenters. The van der Waals surface area contributed by atoms with Gasteiger partial charge < -0.3 is 29.4 Å². The van der Waals surface area contributed by atoms with Crippen molar-refractivity contribution in [1.29, 1.82) is 0 Å². The van der Waals surface area contributed by atoms with E-state index in [9.17, 15) is 4.79 Å². The standard InChI is InChI=1S/C12H15N3S.C11H22N2O.C10H15N3.3C2H6/c1-14-6-8-15(9-7-14)12-10-4-2-3-5-11(10)16-13-12;1-11(2,3)9-10(14)13-7-5-12(4)6-8-13;1-12-5-7-13(8-6-12)10-3-2-4-11-9-10;3*1-2/h2-5H,6-9H2,1H3;5-9H2,1-4H3;2-4,9H,5-8H2,1H3;3*1-2H3. The summed E-state index contributed by atoms with van der Waals surface area (Å²) in [6, 6.07) is 12.6.